The number of hydrogen-bond donors (Lipinski definition) is 6. The van der Waals surface area contributed by atoms with Gasteiger partial charge in [-0.25, -0.2) is 0 Å². The van der Waals surface area contributed by atoms with Crippen LogP contribution in [-0.2, 0) is 39.3 Å². The predicted octanol–water partition coefficient (Wildman–Crippen LogP) is 4.67. The van der Waals surface area contributed by atoms with Crippen LogP contribution in [0.2, 0.25) is 0 Å². The van der Waals surface area contributed by atoms with Gasteiger partial charge in [0.05, 0.1) is 16.7 Å². The van der Waals surface area contributed by atoms with Gasteiger partial charge in [-0.3, -0.25) is 0 Å². The van der Waals surface area contributed by atoms with Crippen LogP contribution in [0, 0.1) is 0 Å². The van der Waals surface area contributed by atoms with E-state index in [2.05, 4.69) is 16.0 Å². The molecule has 0 fully saturated rings. The van der Waals surface area contributed by atoms with Crippen LogP contribution < -0.4 is 16.0 Å². The maximum Gasteiger partial charge on any atom is 0.131 e. The van der Waals surface area contributed by atoms with Crippen molar-refractivity contribution in [2.45, 2.75) is 39.3 Å². The van der Waals surface area contributed by atoms with Gasteiger partial charge in [0.15, 0.2) is 0 Å². The van der Waals surface area contributed by atoms with Crippen LogP contribution in [-0.4, -0.2) is 15.3 Å². The minimum atomic E-state index is -0.0991. The molecule has 0 unspecified atom stereocenters. The number of nitrogens with one attached hydrogen (secondary N) is 3. The van der Waals surface area contributed by atoms with E-state index in [1.807, 2.05) is 91.0 Å². The van der Waals surface area contributed by atoms with Gasteiger partial charge >= 0.3 is 0 Å². The van der Waals surface area contributed by atoms with Crippen LogP contribution in [0.5, 0.6) is 17.2 Å². The van der Waals surface area contributed by atoms with Gasteiger partial charge in [0, 0.05) is 39.3 Å². The zero-order valence-electron chi connectivity index (χ0n) is 20.2. The fraction of sp³-hybridized carbons (Fsp3) is 0.200. The topological polar surface area (TPSA) is 96.8 Å². The quantitative estimate of drug-likeness (QED) is 0.175. The van der Waals surface area contributed by atoms with Crippen molar-refractivity contribution in [1.29, 1.82) is 0 Å². The normalized spacial score (nSPS) is 11.0. The second-order valence-corrected chi connectivity index (χ2v) is 8.75. The lowest BCUT2D eigenvalue weighted by molar-refractivity contribution is 0.393. The Kier molecular flexibility index (Phi) is 8.94. The largest absolute Gasteiger partial charge is 0.507 e. The van der Waals surface area contributed by atoms with Gasteiger partial charge < -0.3 is 31.3 Å². The Hall–Kier alpha value is -3.84. The van der Waals surface area contributed by atoms with E-state index in [0.29, 0.717) is 36.3 Å². The molecule has 0 amide bonds. The van der Waals surface area contributed by atoms with Crippen molar-refractivity contribution in [2.24, 2.45) is 0 Å². The minimum Gasteiger partial charge on any atom is -0.507 e. The average molecular weight is 484 g/mol. The van der Waals surface area contributed by atoms with Gasteiger partial charge in [-0.15, -0.1) is 0 Å². The molecule has 0 aliphatic rings. The van der Waals surface area contributed by atoms with Crippen LogP contribution in [0.3, 0.4) is 0 Å². The molecule has 4 aromatic rings. The molecule has 6 nitrogen and oxygen atoms in total. The summed E-state index contributed by atoms with van der Waals surface area (Å²) >= 11 is 0. The summed E-state index contributed by atoms with van der Waals surface area (Å²) in [6.07, 6.45) is 0. The van der Waals surface area contributed by atoms with E-state index < -0.39 is 0 Å². The summed E-state index contributed by atoms with van der Waals surface area (Å²) in [5, 5.41) is 43.0. The summed E-state index contributed by atoms with van der Waals surface area (Å²) in [6, 6.07) is 29.8. The smallest absolute Gasteiger partial charge is 0.131 e. The van der Waals surface area contributed by atoms with Crippen LogP contribution in [0.1, 0.15) is 33.4 Å². The number of benzene rings is 4. The standard InChI is InChI=1S/C30H33N3O3/c34-28-25(19-31-16-22-10-4-1-5-11-22)29(35)27(21-33-18-24-14-8-3-9-15-24)30(36)26(28)20-32-17-23-12-6-2-7-13-23/h1-15,31-36H,16-21H2. The van der Waals surface area contributed by atoms with E-state index in [4.69, 9.17) is 0 Å². The van der Waals surface area contributed by atoms with Crippen molar-refractivity contribution in [1.82, 2.24) is 16.0 Å². The highest BCUT2D eigenvalue weighted by molar-refractivity contribution is 5.61. The maximum atomic E-state index is 11.1. The molecule has 0 aromatic heterocycles. The molecule has 36 heavy (non-hydrogen) atoms. The number of rotatable bonds is 12. The van der Waals surface area contributed by atoms with E-state index in [9.17, 15) is 15.3 Å². The molecule has 0 aliphatic carbocycles. The van der Waals surface area contributed by atoms with Gasteiger partial charge in [-0.05, 0) is 16.7 Å². The van der Waals surface area contributed by atoms with Crippen LogP contribution in [0.25, 0.3) is 0 Å². The summed E-state index contributed by atoms with van der Waals surface area (Å²) in [4.78, 5) is 0. The Balaban J connectivity index is 1.52. The van der Waals surface area contributed by atoms with E-state index in [-0.39, 0.29) is 36.9 Å². The molecule has 6 N–H and O–H groups in total. The first-order chi connectivity index (χ1) is 17.6. The van der Waals surface area contributed by atoms with E-state index >= 15 is 0 Å². The molecule has 6 heteroatoms. The summed E-state index contributed by atoms with van der Waals surface area (Å²) in [5.41, 5.74) is 4.42. The van der Waals surface area contributed by atoms with Gasteiger partial charge in [0.25, 0.3) is 0 Å². The third-order valence-corrected chi connectivity index (χ3v) is 6.14. The first-order valence-corrected chi connectivity index (χ1v) is 12.1. The van der Waals surface area contributed by atoms with Crippen molar-refractivity contribution >= 4 is 0 Å². The third kappa shape index (κ3) is 6.64. The number of phenols is 3. The van der Waals surface area contributed by atoms with Gasteiger partial charge in [0.1, 0.15) is 17.2 Å². The molecule has 186 valence electrons. The molecule has 0 aliphatic heterocycles. The number of aromatic hydroxyl groups is 3. The molecule has 4 rings (SSSR count). The number of phenolic OH excluding ortho intramolecular Hbond substituents is 3. The van der Waals surface area contributed by atoms with Crippen LogP contribution >= 0.6 is 0 Å². The maximum absolute atomic E-state index is 11.1. The Bertz CT molecular complexity index is 1060. The molecule has 0 spiro atoms. The van der Waals surface area contributed by atoms with Gasteiger partial charge in [-0.2, -0.15) is 0 Å². The fourth-order valence-corrected chi connectivity index (χ4v) is 4.17. The van der Waals surface area contributed by atoms with Crippen molar-refractivity contribution < 1.29 is 15.3 Å². The second-order valence-electron chi connectivity index (χ2n) is 8.75. The third-order valence-electron chi connectivity index (χ3n) is 6.14. The SMILES string of the molecule is Oc1c(CNCc2ccccc2)c(O)c(CNCc2ccccc2)c(O)c1CNCc1ccccc1. The van der Waals surface area contributed by atoms with Crippen molar-refractivity contribution in [3.05, 3.63) is 124 Å². The molecular formula is C30H33N3O3. The lowest BCUT2D eigenvalue weighted by Gasteiger charge is -2.20. The molecule has 0 heterocycles. The van der Waals surface area contributed by atoms with Gasteiger partial charge in [0.2, 0.25) is 0 Å². The summed E-state index contributed by atoms with van der Waals surface area (Å²) in [7, 11) is 0. The zero-order valence-corrected chi connectivity index (χ0v) is 20.2. The highest BCUT2D eigenvalue weighted by Crippen LogP contribution is 2.42. The lowest BCUT2D eigenvalue weighted by atomic mass is 9.99. The molecule has 4 aromatic carbocycles. The molecule has 0 saturated heterocycles. The Morgan fingerprint density at radius 1 is 0.361 bits per heavy atom. The first-order valence-electron chi connectivity index (χ1n) is 12.1. The highest BCUT2D eigenvalue weighted by atomic mass is 16.3. The van der Waals surface area contributed by atoms with Crippen LogP contribution in [0.4, 0.5) is 0 Å². The first kappa shape index (κ1) is 25.3. The molecular weight excluding hydrogens is 450 g/mol. The minimum absolute atomic E-state index is 0.0991. The Morgan fingerprint density at radius 2 is 0.611 bits per heavy atom. The second kappa shape index (κ2) is 12.7. The lowest BCUT2D eigenvalue weighted by Crippen LogP contribution is -2.18. The predicted molar refractivity (Wildman–Crippen MR) is 142 cm³/mol. The average Bonchev–Trinajstić information content (AvgIpc) is 2.92. The summed E-state index contributed by atoms with van der Waals surface area (Å²) < 4.78 is 0. The Morgan fingerprint density at radius 3 is 0.861 bits per heavy atom. The van der Waals surface area contributed by atoms with Gasteiger partial charge in [-0.1, -0.05) is 91.0 Å². The van der Waals surface area contributed by atoms with Crippen molar-refractivity contribution in [2.75, 3.05) is 0 Å². The molecule has 0 bridgehead atoms. The summed E-state index contributed by atoms with van der Waals surface area (Å²) in [5.74, 6) is -0.297. The molecule has 0 atom stereocenters. The van der Waals surface area contributed by atoms with E-state index in [1.54, 1.807) is 0 Å². The fourth-order valence-electron chi connectivity index (χ4n) is 4.17. The zero-order chi connectivity index (χ0) is 25.2. The van der Waals surface area contributed by atoms with Crippen molar-refractivity contribution in [3.8, 4) is 17.2 Å². The Labute approximate surface area is 212 Å². The molecule has 0 radical (unpaired) electrons. The highest BCUT2D eigenvalue weighted by Gasteiger charge is 2.23. The van der Waals surface area contributed by atoms with E-state index in [1.165, 1.54) is 0 Å². The molecule has 0 saturated carbocycles. The van der Waals surface area contributed by atoms with E-state index in [0.717, 1.165) is 16.7 Å². The van der Waals surface area contributed by atoms with Crippen molar-refractivity contribution in [3.63, 3.8) is 0 Å². The number of hydrogen-bond acceptors (Lipinski definition) is 6. The summed E-state index contributed by atoms with van der Waals surface area (Å²) in [6.45, 7) is 2.52. The monoisotopic (exact) mass is 483 g/mol. The van der Waals surface area contributed by atoms with Crippen LogP contribution in [0.15, 0.2) is 91.0 Å².